The Morgan fingerprint density at radius 1 is 1.50 bits per heavy atom. The number of hydrogen-bond donors (Lipinski definition) is 1. The van der Waals surface area contributed by atoms with E-state index in [9.17, 15) is 0 Å². The van der Waals surface area contributed by atoms with Crippen LogP contribution in [0.5, 0.6) is 0 Å². The summed E-state index contributed by atoms with van der Waals surface area (Å²) >= 11 is 0. The molecule has 1 fully saturated rings. The molecule has 3 atom stereocenters. The van der Waals surface area contributed by atoms with Crippen molar-refractivity contribution in [2.45, 2.75) is 32.2 Å². The fourth-order valence-electron chi connectivity index (χ4n) is 1.39. The first-order chi connectivity index (χ1) is 3.84. The van der Waals surface area contributed by atoms with Crippen LogP contribution in [-0.2, 0) is 0 Å². The molecule has 8 heavy (non-hydrogen) atoms. The summed E-state index contributed by atoms with van der Waals surface area (Å²) in [6, 6.07) is 0.778. The molecule has 0 amide bonds. The lowest BCUT2D eigenvalue weighted by atomic mass is 10.1. The third-order valence-corrected chi connectivity index (χ3v) is 2.50. The number of nitrogens with one attached hydrogen (secondary N) is 1. The second kappa shape index (κ2) is 2.80. The van der Waals surface area contributed by atoms with Crippen LogP contribution >= 0.6 is 9.39 Å². The van der Waals surface area contributed by atoms with Crippen LogP contribution in [0, 0.1) is 5.92 Å². The SMILES string of the molecule is CC1CCCC1NP. The fraction of sp³-hybridized carbons (Fsp3) is 1.00. The van der Waals surface area contributed by atoms with Gasteiger partial charge in [0.25, 0.3) is 0 Å². The van der Waals surface area contributed by atoms with Crippen molar-refractivity contribution in [1.82, 2.24) is 5.09 Å². The van der Waals surface area contributed by atoms with E-state index >= 15 is 0 Å². The van der Waals surface area contributed by atoms with Crippen molar-refractivity contribution < 1.29 is 0 Å². The van der Waals surface area contributed by atoms with E-state index in [1.54, 1.807) is 0 Å². The molecular weight excluding hydrogens is 117 g/mol. The summed E-state index contributed by atoms with van der Waals surface area (Å²) in [6.07, 6.45) is 4.18. The Bertz CT molecular complexity index is 74.9. The van der Waals surface area contributed by atoms with Crippen LogP contribution in [0.3, 0.4) is 0 Å². The van der Waals surface area contributed by atoms with Gasteiger partial charge in [-0.3, -0.25) is 5.09 Å². The largest absolute Gasteiger partial charge is 0.297 e. The lowest BCUT2D eigenvalue weighted by molar-refractivity contribution is 0.501. The molecule has 48 valence electrons. The Labute approximate surface area is 53.5 Å². The molecule has 1 aliphatic carbocycles. The molecule has 1 aliphatic rings. The predicted molar refractivity (Wildman–Crippen MR) is 39.6 cm³/mol. The Morgan fingerprint density at radius 2 is 2.25 bits per heavy atom. The third-order valence-electron chi connectivity index (χ3n) is 2.08. The highest BCUT2D eigenvalue weighted by Gasteiger charge is 2.20. The van der Waals surface area contributed by atoms with Gasteiger partial charge in [-0.25, -0.2) is 0 Å². The molecule has 3 unspecified atom stereocenters. The molecule has 0 aliphatic heterocycles. The first-order valence-electron chi connectivity index (χ1n) is 3.30. The second-order valence-electron chi connectivity index (χ2n) is 2.68. The Balaban J connectivity index is 2.30. The zero-order chi connectivity index (χ0) is 5.98. The maximum Gasteiger partial charge on any atom is 0.0124 e. The molecule has 0 radical (unpaired) electrons. The van der Waals surface area contributed by atoms with E-state index in [4.69, 9.17) is 0 Å². The van der Waals surface area contributed by atoms with Gasteiger partial charge in [-0.05, 0) is 18.8 Å². The van der Waals surface area contributed by atoms with Gasteiger partial charge in [0.2, 0.25) is 0 Å². The maximum absolute atomic E-state index is 3.23. The van der Waals surface area contributed by atoms with Crippen molar-refractivity contribution in [1.29, 1.82) is 0 Å². The van der Waals surface area contributed by atoms with E-state index < -0.39 is 0 Å². The van der Waals surface area contributed by atoms with Crippen molar-refractivity contribution in [2.75, 3.05) is 0 Å². The summed E-state index contributed by atoms with van der Waals surface area (Å²) in [4.78, 5) is 0. The first-order valence-corrected chi connectivity index (χ1v) is 3.88. The van der Waals surface area contributed by atoms with Gasteiger partial charge < -0.3 is 0 Å². The minimum Gasteiger partial charge on any atom is -0.297 e. The van der Waals surface area contributed by atoms with Gasteiger partial charge in [-0.1, -0.05) is 22.7 Å². The van der Waals surface area contributed by atoms with Gasteiger partial charge in [-0.15, -0.1) is 0 Å². The second-order valence-corrected chi connectivity index (χ2v) is 3.01. The summed E-state index contributed by atoms with van der Waals surface area (Å²) in [5, 5.41) is 3.23. The minimum atomic E-state index is 0.778. The standard InChI is InChI=1S/C6H14NP/c1-5-3-2-4-6(5)7-8/h5-7H,2-4,8H2,1H3. The lowest BCUT2D eigenvalue weighted by Crippen LogP contribution is -2.21. The average Bonchev–Trinajstić information content (AvgIpc) is 2.14. The molecule has 0 heterocycles. The molecule has 1 rings (SSSR count). The van der Waals surface area contributed by atoms with Crippen LogP contribution < -0.4 is 5.09 Å². The zero-order valence-corrected chi connectivity index (χ0v) is 6.51. The highest BCUT2D eigenvalue weighted by molar-refractivity contribution is 7.13. The van der Waals surface area contributed by atoms with Crippen molar-refractivity contribution in [3.63, 3.8) is 0 Å². The molecule has 0 spiro atoms. The van der Waals surface area contributed by atoms with Crippen molar-refractivity contribution in [3.8, 4) is 0 Å². The number of rotatable bonds is 1. The van der Waals surface area contributed by atoms with Crippen LogP contribution in [0.2, 0.25) is 0 Å². The Hall–Kier alpha value is 0.390. The molecule has 1 saturated carbocycles. The molecule has 1 N–H and O–H groups in total. The highest BCUT2D eigenvalue weighted by atomic mass is 31.0. The maximum atomic E-state index is 3.23. The fourth-order valence-corrected chi connectivity index (χ4v) is 1.89. The Morgan fingerprint density at radius 3 is 2.50 bits per heavy atom. The first kappa shape index (κ1) is 6.51. The summed E-state index contributed by atoms with van der Waals surface area (Å²) in [5.41, 5.74) is 0. The molecule has 0 aromatic carbocycles. The van der Waals surface area contributed by atoms with Gasteiger partial charge >= 0.3 is 0 Å². The van der Waals surface area contributed by atoms with E-state index in [0.717, 1.165) is 12.0 Å². The smallest absolute Gasteiger partial charge is 0.0124 e. The van der Waals surface area contributed by atoms with Gasteiger partial charge in [0.05, 0.1) is 0 Å². The summed E-state index contributed by atoms with van der Waals surface area (Å²) < 4.78 is 0. The van der Waals surface area contributed by atoms with E-state index in [2.05, 4.69) is 21.4 Å². The van der Waals surface area contributed by atoms with Crippen molar-refractivity contribution >= 4 is 9.39 Å². The quantitative estimate of drug-likeness (QED) is 0.532. The van der Waals surface area contributed by atoms with E-state index in [1.165, 1.54) is 19.3 Å². The van der Waals surface area contributed by atoms with E-state index in [-0.39, 0.29) is 0 Å². The molecule has 0 aromatic rings. The molecular formula is C6H14NP. The minimum absolute atomic E-state index is 0.778. The van der Waals surface area contributed by atoms with Gasteiger partial charge in [0.15, 0.2) is 0 Å². The lowest BCUT2D eigenvalue weighted by Gasteiger charge is -2.12. The van der Waals surface area contributed by atoms with Crippen LogP contribution in [0.1, 0.15) is 26.2 Å². The molecule has 0 bridgehead atoms. The van der Waals surface area contributed by atoms with Crippen LogP contribution in [0.4, 0.5) is 0 Å². The predicted octanol–water partition coefficient (Wildman–Crippen LogP) is 1.55. The van der Waals surface area contributed by atoms with Gasteiger partial charge in [0.1, 0.15) is 0 Å². The van der Waals surface area contributed by atoms with Gasteiger partial charge in [-0.2, -0.15) is 0 Å². The normalized spacial score (nSPS) is 38.2. The van der Waals surface area contributed by atoms with Crippen LogP contribution in [-0.4, -0.2) is 6.04 Å². The van der Waals surface area contributed by atoms with Crippen LogP contribution in [0.15, 0.2) is 0 Å². The van der Waals surface area contributed by atoms with E-state index in [1.807, 2.05) is 0 Å². The van der Waals surface area contributed by atoms with Crippen LogP contribution in [0.25, 0.3) is 0 Å². The summed E-state index contributed by atoms with van der Waals surface area (Å²) in [7, 11) is 2.60. The van der Waals surface area contributed by atoms with Crippen molar-refractivity contribution in [3.05, 3.63) is 0 Å². The summed E-state index contributed by atoms with van der Waals surface area (Å²) in [5.74, 6) is 0.896. The van der Waals surface area contributed by atoms with E-state index in [0.29, 0.717) is 0 Å². The number of hydrogen-bond acceptors (Lipinski definition) is 1. The zero-order valence-electron chi connectivity index (χ0n) is 5.35. The molecule has 2 heteroatoms. The monoisotopic (exact) mass is 131 g/mol. The molecule has 0 saturated heterocycles. The van der Waals surface area contributed by atoms with Gasteiger partial charge in [0, 0.05) is 6.04 Å². The topological polar surface area (TPSA) is 12.0 Å². The summed E-state index contributed by atoms with van der Waals surface area (Å²) in [6.45, 7) is 2.31. The third kappa shape index (κ3) is 1.21. The highest BCUT2D eigenvalue weighted by Crippen LogP contribution is 2.24. The average molecular weight is 131 g/mol. The Kier molecular flexibility index (Phi) is 2.27. The van der Waals surface area contributed by atoms with Crippen molar-refractivity contribution in [2.24, 2.45) is 5.92 Å². The molecule has 0 aromatic heterocycles. The molecule has 1 nitrogen and oxygen atoms in total.